The zero-order chi connectivity index (χ0) is 13.0. The predicted molar refractivity (Wildman–Crippen MR) is 78.2 cm³/mol. The van der Waals surface area contributed by atoms with Crippen molar-refractivity contribution < 1.29 is 4.79 Å². The van der Waals surface area contributed by atoms with Crippen molar-refractivity contribution in [2.75, 3.05) is 0 Å². The summed E-state index contributed by atoms with van der Waals surface area (Å²) < 4.78 is 0.882. The lowest BCUT2D eigenvalue weighted by molar-refractivity contribution is 0.0983. The van der Waals surface area contributed by atoms with E-state index in [9.17, 15) is 4.79 Å². The van der Waals surface area contributed by atoms with Gasteiger partial charge in [-0.3, -0.25) is 4.79 Å². The number of hydrogen-bond donors (Lipinski definition) is 0. The highest BCUT2D eigenvalue weighted by Crippen LogP contribution is 2.23. The highest BCUT2D eigenvalue weighted by molar-refractivity contribution is 9.10. The smallest absolute Gasteiger partial charge is 0.164 e. The van der Waals surface area contributed by atoms with E-state index in [1.807, 2.05) is 36.4 Å². The summed E-state index contributed by atoms with van der Waals surface area (Å²) in [6.07, 6.45) is 1.22. The Morgan fingerprint density at radius 2 is 1.83 bits per heavy atom. The molecule has 18 heavy (non-hydrogen) atoms. The molecule has 0 fully saturated rings. The molecule has 0 bridgehead atoms. The predicted octanol–water partition coefficient (Wildman–Crippen LogP) is 4.92. The Balaban J connectivity index is 2.04. The first kappa shape index (κ1) is 13.3. The number of halogens is 2. The number of carbonyl (C=O) groups excluding carboxylic acids is 1. The zero-order valence-corrected chi connectivity index (χ0v) is 12.0. The summed E-state index contributed by atoms with van der Waals surface area (Å²) in [7, 11) is 0. The van der Waals surface area contributed by atoms with Crippen molar-refractivity contribution >= 4 is 33.3 Å². The third-order valence-electron chi connectivity index (χ3n) is 2.72. The van der Waals surface area contributed by atoms with Crippen LogP contribution in [0, 0.1) is 0 Å². The van der Waals surface area contributed by atoms with E-state index in [0.29, 0.717) is 17.0 Å². The number of rotatable bonds is 4. The monoisotopic (exact) mass is 322 g/mol. The molecule has 0 atom stereocenters. The summed E-state index contributed by atoms with van der Waals surface area (Å²) in [6.45, 7) is 0. The number of ketones is 1. The van der Waals surface area contributed by atoms with E-state index in [-0.39, 0.29) is 5.78 Å². The number of hydrogen-bond acceptors (Lipinski definition) is 1. The first-order valence-electron chi connectivity index (χ1n) is 5.69. The number of aryl methyl sites for hydroxylation is 1. The first-order valence-corrected chi connectivity index (χ1v) is 6.86. The van der Waals surface area contributed by atoms with Gasteiger partial charge in [-0.1, -0.05) is 57.9 Å². The van der Waals surface area contributed by atoms with E-state index in [2.05, 4.69) is 15.9 Å². The second-order valence-electron chi connectivity index (χ2n) is 4.03. The SMILES string of the molecule is O=C(CCc1ccccc1)c1ccc(Br)cc1Cl. The Morgan fingerprint density at radius 1 is 1.11 bits per heavy atom. The molecule has 2 rings (SSSR count). The van der Waals surface area contributed by atoms with Gasteiger partial charge in [0.1, 0.15) is 0 Å². The average Bonchev–Trinajstić information content (AvgIpc) is 2.37. The van der Waals surface area contributed by atoms with Gasteiger partial charge in [-0.2, -0.15) is 0 Å². The lowest BCUT2D eigenvalue weighted by Gasteiger charge is -2.04. The third-order valence-corrected chi connectivity index (χ3v) is 3.52. The van der Waals surface area contributed by atoms with Crippen LogP contribution in [0.3, 0.4) is 0 Å². The molecular formula is C15H12BrClO. The van der Waals surface area contributed by atoms with Crippen molar-refractivity contribution in [2.45, 2.75) is 12.8 Å². The van der Waals surface area contributed by atoms with Gasteiger partial charge in [-0.05, 0) is 30.2 Å². The molecule has 0 unspecified atom stereocenters. The van der Waals surface area contributed by atoms with E-state index in [4.69, 9.17) is 11.6 Å². The van der Waals surface area contributed by atoms with Crippen LogP contribution < -0.4 is 0 Å². The maximum absolute atomic E-state index is 12.1. The summed E-state index contributed by atoms with van der Waals surface area (Å²) in [5.74, 6) is 0.0800. The molecule has 0 aliphatic heterocycles. The van der Waals surface area contributed by atoms with E-state index in [0.717, 1.165) is 10.9 Å². The van der Waals surface area contributed by atoms with Crippen molar-refractivity contribution in [1.82, 2.24) is 0 Å². The van der Waals surface area contributed by atoms with Crippen LogP contribution in [-0.2, 0) is 6.42 Å². The van der Waals surface area contributed by atoms with E-state index < -0.39 is 0 Å². The van der Waals surface area contributed by atoms with Crippen LogP contribution in [0.2, 0.25) is 5.02 Å². The van der Waals surface area contributed by atoms with E-state index in [1.165, 1.54) is 5.56 Å². The number of benzene rings is 2. The Hall–Kier alpha value is -1.12. The van der Waals surface area contributed by atoms with Gasteiger partial charge in [0.25, 0.3) is 0 Å². The average molecular weight is 324 g/mol. The molecule has 0 spiro atoms. The summed E-state index contributed by atoms with van der Waals surface area (Å²) in [4.78, 5) is 12.1. The fraction of sp³-hybridized carbons (Fsp3) is 0.133. The minimum Gasteiger partial charge on any atom is -0.294 e. The highest BCUT2D eigenvalue weighted by atomic mass is 79.9. The molecule has 0 saturated carbocycles. The molecule has 92 valence electrons. The standard InChI is InChI=1S/C15H12BrClO/c16-12-7-8-13(14(17)10-12)15(18)9-6-11-4-2-1-3-5-11/h1-5,7-8,10H,6,9H2. The normalized spacial score (nSPS) is 10.3. The van der Waals surface area contributed by atoms with Crippen LogP contribution in [0.5, 0.6) is 0 Å². The van der Waals surface area contributed by atoms with Crippen LogP contribution in [0.15, 0.2) is 53.0 Å². The lowest BCUT2D eigenvalue weighted by Crippen LogP contribution is -2.02. The minimum absolute atomic E-state index is 0.0800. The van der Waals surface area contributed by atoms with Crippen molar-refractivity contribution in [2.24, 2.45) is 0 Å². The van der Waals surface area contributed by atoms with Gasteiger partial charge in [-0.25, -0.2) is 0 Å². The quantitative estimate of drug-likeness (QED) is 0.730. The molecule has 3 heteroatoms. The van der Waals surface area contributed by atoms with Gasteiger partial charge in [0, 0.05) is 16.5 Å². The first-order chi connectivity index (χ1) is 8.66. The van der Waals surface area contributed by atoms with Crippen LogP contribution >= 0.6 is 27.5 Å². The van der Waals surface area contributed by atoms with Gasteiger partial charge in [0.2, 0.25) is 0 Å². The van der Waals surface area contributed by atoms with Crippen LogP contribution in [0.25, 0.3) is 0 Å². The Bertz CT molecular complexity index is 552. The van der Waals surface area contributed by atoms with Crippen LogP contribution in [0.4, 0.5) is 0 Å². The van der Waals surface area contributed by atoms with Crippen LogP contribution in [-0.4, -0.2) is 5.78 Å². The summed E-state index contributed by atoms with van der Waals surface area (Å²) in [5.41, 5.74) is 1.76. The van der Waals surface area contributed by atoms with Crippen LogP contribution in [0.1, 0.15) is 22.3 Å². The lowest BCUT2D eigenvalue weighted by atomic mass is 10.0. The molecule has 0 N–H and O–H groups in total. The molecule has 0 heterocycles. The Labute approximate surface area is 120 Å². The fourth-order valence-corrected chi connectivity index (χ4v) is 2.53. The maximum Gasteiger partial charge on any atom is 0.164 e. The Morgan fingerprint density at radius 3 is 2.50 bits per heavy atom. The minimum atomic E-state index is 0.0800. The number of Topliss-reactive ketones (excluding diaryl/α,β-unsaturated/α-hetero) is 1. The maximum atomic E-state index is 12.1. The second-order valence-corrected chi connectivity index (χ2v) is 5.36. The molecule has 0 saturated heterocycles. The Kier molecular flexibility index (Phi) is 4.56. The van der Waals surface area contributed by atoms with Crippen molar-refractivity contribution in [3.8, 4) is 0 Å². The molecular weight excluding hydrogens is 312 g/mol. The van der Waals surface area contributed by atoms with Gasteiger partial charge in [0.15, 0.2) is 5.78 Å². The molecule has 0 amide bonds. The van der Waals surface area contributed by atoms with Crippen molar-refractivity contribution in [3.05, 3.63) is 69.2 Å². The van der Waals surface area contributed by atoms with E-state index in [1.54, 1.807) is 12.1 Å². The van der Waals surface area contributed by atoms with Gasteiger partial charge in [0.05, 0.1) is 5.02 Å². The molecule has 2 aromatic carbocycles. The largest absolute Gasteiger partial charge is 0.294 e. The third kappa shape index (κ3) is 3.44. The fourth-order valence-electron chi connectivity index (χ4n) is 1.75. The van der Waals surface area contributed by atoms with Gasteiger partial charge in [-0.15, -0.1) is 0 Å². The van der Waals surface area contributed by atoms with Crippen molar-refractivity contribution in [3.63, 3.8) is 0 Å². The molecule has 1 nitrogen and oxygen atoms in total. The molecule has 0 aromatic heterocycles. The zero-order valence-electron chi connectivity index (χ0n) is 9.70. The number of carbonyl (C=O) groups is 1. The molecule has 0 radical (unpaired) electrons. The summed E-state index contributed by atoms with van der Waals surface area (Å²) >= 11 is 9.38. The van der Waals surface area contributed by atoms with Gasteiger partial charge >= 0.3 is 0 Å². The molecule has 0 aliphatic carbocycles. The molecule has 2 aromatic rings. The molecule has 0 aliphatic rings. The van der Waals surface area contributed by atoms with E-state index >= 15 is 0 Å². The van der Waals surface area contributed by atoms with Gasteiger partial charge < -0.3 is 0 Å². The summed E-state index contributed by atoms with van der Waals surface area (Å²) in [6, 6.07) is 15.3. The van der Waals surface area contributed by atoms with Crippen molar-refractivity contribution in [1.29, 1.82) is 0 Å². The summed E-state index contributed by atoms with van der Waals surface area (Å²) in [5, 5.41) is 0.502. The highest BCUT2D eigenvalue weighted by Gasteiger charge is 2.10. The topological polar surface area (TPSA) is 17.1 Å². The second kappa shape index (κ2) is 6.17.